The molecule has 0 unspecified atom stereocenters. The molecule has 1 heterocycles. The van der Waals surface area contributed by atoms with Gasteiger partial charge in [-0.15, -0.1) is 0 Å². The number of nitrogens with zero attached hydrogens (tertiary/aromatic N) is 1. The fraction of sp³-hybridized carbons (Fsp3) is 0. The number of hydrogen-bond acceptors (Lipinski definition) is 6. The average molecular weight is 308 g/mol. The summed E-state index contributed by atoms with van der Waals surface area (Å²) in [4.78, 5) is 25.8. The lowest BCUT2D eigenvalue weighted by Gasteiger charge is -2.07. The lowest BCUT2D eigenvalue weighted by molar-refractivity contribution is 0.0631. The van der Waals surface area contributed by atoms with Crippen LogP contribution in [0.2, 0.25) is 5.02 Å². The van der Waals surface area contributed by atoms with Crippen molar-refractivity contribution in [3.05, 3.63) is 47.2 Å². The molecule has 7 nitrogen and oxygen atoms in total. The first kappa shape index (κ1) is 14.6. The third kappa shape index (κ3) is 3.83. The van der Waals surface area contributed by atoms with Gasteiger partial charge in [0.1, 0.15) is 11.5 Å². The number of anilines is 1. The van der Waals surface area contributed by atoms with Crippen LogP contribution in [0.1, 0.15) is 10.5 Å². The molecule has 0 atom stereocenters. The second-order valence-electron chi connectivity index (χ2n) is 3.87. The van der Waals surface area contributed by atoms with Crippen LogP contribution in [0.25, 0.3) is 0 Å². The van der Waals surface area contributed by atoms with Crippen LogP contribution in [-0.4, -0.2) is 17.0 Å². The van der Waals surface area contributed by atoms with Gasteiger partial charge in [0.05, 0.1) is 10.7 Å². The SMILES string of the molecule is NC(=O)OC(=O)c1cc(Oc2ccc(N)c(Cl)c2)ccn1. The summed E-state index contributed by atoms with van der Waals surface area (Å²) in [6.07, 6.45) is 0.115. The number of rotatable bonds is 3. The zero-order chi connectivity index (χ0) is 15.4. The Balaban J connectivity index is 2.19. The van der Waals surface area contributed by atoms with E-state index in [0.29, 0.717) is 22.2 Å². The van der Waals surface area contributed by atoms with Crippen molar-refractivity contribution in [3.63, 3.8) is 0 Å². The number of hydrogen-bond donors (Lipinski definition) is 2. The minimum Gasteiger partial charge on any atom is -0.457 e. The molecular formula is C13H10ClN3O4. The Hall–Kier alpha value is -2.80. The standard InChI is InChI=1S/C13H10ClN3O4/c14-9-5-7(1-2-10(9)15)20-8-3-4-17-11(6-8)12(18)21-13(16)19/h1-6H,15H2,(H2,16,19). The second kappa shape index (κ2) is 6.10. The average Bonchev–Trinajstić information content (AvgIpc) is 2.42. The van der Waals surface area contributed by atoms with E-state index in [2.05, 4.69) is 9.72 Å². The number of carbonyl (C=O) groups is 2. The molecule has 0 saturated heterocycles. The van der Waals surface area contributed by atoms with E-state index < -0.39 is 12.1 Å². The third-order valence-electron chi connectivity index (χ3n) is 2.34. The smallest absolute Gasteiger partial charge is 0.412 e. The molecule has 0 aliphatic carbocycles. The molecule has 1 aromatic heterocycles. The molecule has 0 bridgehead atoms. The molecule has 2 rings (SSSR count). The second-order valence-corrected chi connectivity index (χ2v) is 4.28. The molecule has 4 N–H and O–H groups in total. The number of carbonyl (C=O) groups excluding carboxylic acids is 2. The highest BCUT2D eigenvalue weighted by Crippen LogP contribution is 2.28. The first-order valence-electron chi connectivity index (χ1n) is 5.66. The van der Waals surface area contributed by atoms with Crippen LogP contribution in [0, 0.1) is 0 Å². The molecule has 0 fully saturated rings. The summed E-state index contributed by atoms with van der Waals surface area (Å²) in [5.74, 6) is -0.236. The zero-order valence-corrected chi connectivity index (χ0v) is 11.3. The Morgan fingerprint density at radius 1 is 1.14 bits per heavy atom. The molecular weight excluding hydrogens is 298 g/mol. The van der Waals surface area contributed by atoms with Gasteiger partial charge in [0.2, 0.25) is 0 Å². The van der Waals surface area contributed by atoms with Gasteiger partial charge >= 0.3 is 12.1 Å². The molecule has 0 aliphatic rings. The van der Waals surface area contributed by atoms with E-state index in [1.807, 2.05) is 0 Å². The quantitative estimate of drug-likeness (QED) is 0.510. The fourth-order valence-corrected chi connectivity index (χ4v) is 1.61. The van der Waals surface area contributed by atoms with Gasteiger partial charge in [0.25, 0.3) is 0 Å². The first-order chi connectivity index (χ1) is 9.95. The number of aromatic nitrogens is 1. The lowest BCUT2D eigenvalue weighted by Crippen LogP contribution is -2.19. The van der Waals surface area contributed by atoms with Gasteiger partial charge in [-0.3, -0.25) is 0 Å². The van der Waals surface area contributed by atoms with Crippen LogP contribution in [-0.2, 0) is 4.74 Å². The van der Waals surface area contributed by atoms with Crippen molar-refractivity contribution >= 4 is 29.4 Å². The van der Waals surface area contributed by atoms with Gasteiger partial charge in [0.15, 0.2) is 5.69 Å². The Morgan fingerprint density at radius 2 is 1.86 bits per heavy atom. The minimum atomic E-state index is -1.21. The first-order valence-corrected chi connectivity index (χ1v) is 6.04. The van der Waals surface area contributed by atoms with Gasteiger partial charge in [-0.25, -0.2) is 14.6 Å². The summed E-state index contributed by atoms with van der Waals surface area (Å²) >= 11 is 5.88. The van der Waals surface area contributed by atoms with Crippen molar-refractivity contribution in [3.8, 4) is 11.5 Å². The van der Waals surface area contributed by atoms with Gasteiger partial charge in [-0.2, -0.15) is 0 Å². The molecule has 108 valence electrons. The van der Waals surface area contributed by atoms with Crippen molar-refractivity contribution in [2.24, 2.45) is 5.73 Å². The maximum absolute atomic E-state index is 11.5. The topological polar surface area (TPSA) is 118 Å². The molecule has 0 aliphatic heterocycles. The molecule has 8 heteroatoms. The fourth-order valence-electron chi connectivity index (χ4n) is 1.44. The van der Waals surface area contributed by atoms with Crippen molar-refractivity contribution < 1.29 is 19.1 Å². The van der Waals surface area contributed by atoms with Crippen LogP contribution in [0.15, 0.2) is 36.5 Å². The Labute approximate surface area is 124 Å². The van der Waals surface area contributed by atoms with E-state index in [1.165, 1.54) is 24.4 Å². The predicted octanol–water partition coefficient (Wildman–Crippen LogP) is 2.35. The van der Waals surface area contributed by atoms with Gasteiger partial charge in [-0.1, -0.05) is 11.6 Å². The molecule has 0 radical (unpaired) electrons. The van der Waals surface area contributed by atoms with Gasteiger partial charge in [-0.05, 0) is 18.2 Å². The summed E-state index contributed by atoms with van der Waals surface area (Å²) in [5, 5.41) is 0.343. The number of ether oxygens (including phenoxy) is 2. The van der Waals surface area contributed by atoms with Crippen LogP contribution < -0.4 is 16.2 Å². The number of halogens is 1. The number of nitrogen functional groups attached to an aromatic ring is 1. The normalized spacial score (nSPS) is 9.95. The highest BCUT2D eigenvalue weighted by Gasteiger charge is 2.13. The Kier molecular flexibility index (Phi) is 4.24. The molecule has 0 saturated carbocycles. The van der Waals surface area contributed by atoms with Crippen molar-refractivity contribution in [1.29, 1.82) is 0 Å². The van der Waals surface area contributed by atoms with E-state index in [4.69, 9.17) is 27.8 Å². The zero-order valence-electron chi connectivity index (χ0n) is 10.6. The number of benzene rings is 1. The lowest BCUT2D eigenvalue weighted by atomic mass is 10.3. The van der Waals surface area contributed by atoms with Crippen molar-refractivity contribution in [2.45, 2.75) is 0 Å². The summed E-state index contributed by atoms with van der Waals surface area (Å²) in [6.45, 7) is 0. The minimum absolute atomic E-state index is 0.118. The summed E-state index contributed by atoms with van der Waals surface area (Å²) in [7, 11) is 0. The largest absolute Gasteiger partial charge is 0.457 e. The van der Waals surface area contributed by atoms with Gasteiger partial charge < -0.3 is 20.9 Å². The Morgan fingerprint density at radius 3 is 2.52 bits per heavy atom. The number of amides is 1. The van der Waals surface area contributed by atoms with E-state index >= 15 is 0 Å². The van der Waals surface area contributed by atoms with Crippen LogP contribution >= 0.6 is 11.6 Å². The molecule has 21 heavy (non-hydrogen) atoms. The molecule has 1 aromatic carbocycles. The van der Waals surface area contributed by atoms with Crippen LogP contribution in [0.4, 0.5) is 10.5 Å². The summed E-state index contributed by atoms with van der Waals surface area (Å²) in [5.41, 5.74) is 10.6. The summed E-state index contributed by atoms with van der Waals surface area (Å²) in [6, 6.07) is 7.55. The van der Waals surface area contributed by atoms with Gasteiger partial charge in [0, 0.05) is 18.3 Å². The summed E-state index contributed by atoms with van der Waals surface area (Å²) < 4.78 is 9.73. The van der Waals surface area contributed by atoms with Crippen LogP contribution in [0.3, 0.4) is 0 Å². The number of primary amides is 1. The van der Waals surface area contributed by atoms with Crippen LogP contribution in [0.5, 0.6) is 11.5 Å². The highest BCUT2D eigenvalue weighted by molar-refractivity contribution is 6.33. The monoisotopic (exact) mass is 307 g/mol. The van der Waals surface area contributed by atoms with Crippen molar-refractivity contribution in [1.82, 2.24) is 4.98 Å². The third-order valence-corrected chi connectivity index (χ3v) is 2.67. The Bertz CT molecular complexity index is 706. The van der Waals surface area contributed by atoms with E-state index in [-0.39, 0.29) is 5.69 Å². The maximum atomic E-state index is 11.5. The van der Waals surface area contributed by atoms with E-state index in [9.17, 15) is 9.59 Å². The molecule has 2 aromatic rings. The van der Waals surface area contributed by atoms with Crippen molar-refractivity contribution in [2.75, 3.05) is 5.73 Å². The van der Waals surface area contributed by atoms with E-state index in [1.54, 1.807) is 12.1 Å². The highest BCUT2D eigenvalue weighted by atomic mass is 35.5. The maximum Gasteiger partial charge on any atom is 0.412 e. The van der Waals surface area contributed by atoms with E-state index in [0.717, 1.165) is 0 Å². The molecule has 1 amide bonds. The number of esters is 1. The number of nitrogens with two attached hydrogens (primary N) is 2. The molecule has 0 spiro atoms. The predicted molar refractivity (Wildman–Crippen MR) is 75.2 cm³/mol. The number of pyridine rings is 1.